The Morgan fingerprint density at radius 3 is 2.46 bits per heavy atom. The molecule has 0 spiro atoms. The molecule has 2 N–H and O–H groups in total. The molecule has 4 rings (SSSR count). The number of rotatable bonds is 9. The Bertz CT molecular complexity index is 1350. The lowest BCUT2D eigenvalue weighted by atomic mass is 10.2. The minimum Gasteiger partial charge on any atom is -0.489 e. The number of anilines is 1. The van der Waals surface area contributed by atoms with Crippen LogP contribution >= 0.6 is 23.2 Å². The number of carboxylic acid groups (broad SMARTS) is 1. The van der Waals surface area contributed by atoms with E-state index in [-0.39, 0.29) is 37.6 Å². The highest BCUT2D eigenvalue weighted by molar-refractivity contribution is 6.42. The molecule has 0 saturated carbocycles. The van der Waals surface area contributed by atoms with Crippen LogP contribution in [0.5, 0.6) is 5.75 Å². The van der Waals surface area contributed by atoms with Crippen molar-refractivity contribution in [2.24, 2.45) is 0 Å². The number of likely N-dealkylation sites (tertiary alicyclic amines) is 1. The van der Waals surface area contributed by atoms with Gasteiger partial charge in [0.25, 0.3) is 5.91 Å². The monoisotopic (exact) mass is 567 g/mol. The quantitative estimate of drug-likeness (QED) is 0.333. The molecule has 39 heavy (non-hydrogen) atoms. The molecule has 0 aromatic heterocycles. The first-order valence-corrected chi connectivity index (χ1v) is 13.0. The molecule has 3 aromatic rings. The smallest absolute Gasteiger partial charge is 0.404 e. The highest BCUT2D eigenvalue weighted by Crippen LogP contribution is 2.25. The summed E-state index contributed by atoms with van der Waals surface area (Å²) in [5, 5.41) is 12.3. The van der Waals surface area contributed by atoms with Crippen LogP contribution in [-0.2, 0) is 16.2 Å². The van der Waals surface area contributed by atoms with Gasteiger partial charge in [-0.2, -0.15) is 0 Å². The Balaban J connectivity index is 1.47. The fourth-order valence-electron chi connectivity index (χ4n) is 4.15. The Hall–Kier alpha value is -4.01. The molecule has 1 heterocycles. The number of amides is 3. The summed E-state index contributed by atoms with van der Waals surface area (Å²) in [5.74, 6) is -0.0623. The summed E-state index contributed by atoms with van der Waals surface area (Å²) in [6, 6.07) is 21.2. The average Bonchev–Trinajstić information content (AvgIpc) is 3.40. The standard InChI is InChI=1S/C29H27Cl2N3O5/c30-25-12-6-21(16-26(25)31)19-39-24-10-8-23(9-11-24)34(27(35)13-7-20-4-2-1-3-5-20)18-28(36)33-15-14-22(17-33)32-29(37)38/h1-13,16,22,32H,14-15,17-19H2,(H,37,38)/b13-7+/t22-/m0/s1. The molecule has 3 amide bonds. The number of carbonyl (C=O) groups is 3. The van der Waals surface area contributed by atoms with Gasteiger partial charge in [0.05, 0.1) is 16.1 Å². The summed E-state index contributed by atoms with van der Waals surface area (Å²) in [6.07, 6.45) is 2.51. The number of ether oxygens (including phenoxy) is 1. The molecule has 0 aliphatic carbocycles. The third-order valence-corrected chi connectivity index (χ3v) is 6.92. The zero-order chi connectivity index (χ0) is 27.8. The molecule has 3 aromatic carbocycles. The predicted octanol–water partition coefficient (Wildman–Crippen LogP) is 5.49. The van der Waals surface area contributed by atoms with E-state index >= 15 is 0 Å². The van der Waals surface area contributed by atoms with Crippen molar-refractivity contribution in [1.82, 2.24) is 10.2 Å². The minimum absolute atomic E-state index is 0.193. The van der Waals surface area contributed by atoms with Gasteiger partial charge in [0.1, 0.15) is 18.9 Å². The second kappa shape index (κ2) is 13.2. The first-order chi connectivity index (χ1) is 18.8. The van der Waals surface area contributed by atoms with Gasteiger partial charge in [0, 0.05) is 24.9 Å². The third-order valence-electron chi connectivity index (χ3n) is 6.18. The molecule has 202 valence electrons. The molecule has 0 radical (unpaired) electrons. The molecule has 1 atom stereocenters. The summed E-state index contributed by atoms with van der Waals surface area (Å²) in [4.78, 5) is 40.3. The maximum Gasteiger partial charge on any atom is 0.404 e. The van der Waals surface area contributed by atoms with Crippen molar-refractivity contribution >= 4 is 52.9 Å². The zero-order valence-corrected chi connectivity index (χ0v) is 22.4. The van der Waals surface area contributed by atoms with Crippen LogP contribution in [0.15, 0.2) is 78.9 Å². The van der Waals surface area contributed by atoms with Crippen molar-refractivity contribution in [1.29, 1.82) is 0 Å². The molecule has 1 saturated heterocycles. The van der Waals surface area contributed by atoms with Crippen molar-refractivity contribution in [2.75, 3.05) is 24.5 Å². The summed E-state index contributed by atoms with van der Waals surface area (Å²) < 4.78 is 5.84. The summed E-state index contributed by atoms with van der Waals surface area (Å²) >= 11 is 12.0. The van der Waals surface area contributed by atoms with Gasteiger partial charge in [0.2, 0.25) is 5.91 Å². The second-order valence-electron chi connectivity index (χ2n) is 8.97. The molecule has 10 heteroatoms. The Kier molecular flexibility index (Phi) is 9.46. The van der Waals surface area contributed by atoms with E-state index in [0.29, 0.717) is 34.4 Å². The van der Waals surface area contributed by atoms with E-state index in [1.54, 1.807) is 47.4 Å². The van der Waals surface area contributed by atoms with E-state index < -0.39 is 6.09 Å². The molecule has 0 bridgehead atoms. The van der Waals surface area contributed by atoms with Gasteiger partial charge in [-0.1, -0.05) is 59.6 Å². The van der Waals surface area contributed by atoms with Crippen LogP contribution in [0.25, 0.3) is 6.08 Å². The van der Waals surface area contributed by atoms with E-state index in [1.165, 1.54) is 11.0 Å². The van der Waals surface area contributed by atoms with Crippen molar-refractivity contribution in [3.63, 3.8) is 0 Å². The van der Waals surface area contributed by atoms with Gasteiger partial charge in [-0.05, 0) is 60.0 Å². The predicted molar refractivity (Wildman–Crippen MR) is 151 cm³/mol. The van der Waals surface area contributed by atoms with Crippen molar-refractivity contribution in [3.8, 4) is 5.75 Å². The number of nitrogens with zero attached hydrogens (tertiary/aromatic N) is 2. The van der Waals surface area contributed by atoms with Crippen LogP contribution in [0, 0.1) is 0 Å². The van der Waals surface area contributed by atoms with Gasteiger partial charge in [-0.25, -0.2) is 4.79 Å². The first-order valence-electron chi connectivity index (χ1n) is 12.3. The van der Waals surface area contributed by atoms with E-state index in [1.807, 2.05) is 36.4 Å². The normalized spacial score (nSPS) is 14.8. The highest BCUT2D eigenvalue weighted by atomic mass is 35.5. The van der Waals surface area contributed by atoms with Gasteiger partial charge in [-0.3, -0.25) is 14.5 Å². The summed E-state index contributed by atoms with van der Waals surface area (Å²) in [7, 11) is 0. The number of benzene rings is 3. The van der Waals surface area contributed by atoms with Gasteiger partial charge >= 0.3 is 6.09 Å². The topological polar surface area (TPSA) is 99.2 Å². The van der Waals surface area contributed by atoms with Crippen LogP contribution in [0.2, 0.25) is 10.0 Å². The summed E-state index contributed by atoms with van der Waals surface area (Å²) in [5.41, 5.74) is 2.22. The van der Waals surface area contributed by atoms with E-state index in [0.717, 1.165) is 11.1 Å². The fraction of sp³-hybridized carbons (Fsp3) is 0.207. The zero-order valence-electron chi connectivity index (χ0n) is 20.9. The van der Waals surface area contributed by atoms with E-state index in [9.17, 15) is 14.4 Å². The van der Waals surface area contributed by atoms with Crippen LogP contribution in [0.3, 0.4) is 0 Å². The van der Waals surface area contributed by atoms with E-state index in [4.69, 9.17) is 33.0 Å². The van der Waals surface area contributed by atoms with Crippen molar-refractivity contribution in [3.05, 3.63) is 100 Å². The van der Waals surface area contributed by atoms with E-state index in [2.05, 4.69) is 5.32 Å². The maximum absolute atomic E-state index is 13.3. The van der Waals surface area contributed by atoms with Crippen LogP contribution in [0.4, 0.5) is 10.5 Å². The number of hydrogen-bond acceptors (Lipinski definition) is 4. The molecule has 1 aliphatic heterocycles. The SMILES string of the molecule is O=C(O)N[C@H]1CCN(C(=O)CN(C(=O)/C=C/c2ccccc2)c2ccc(OCc3ccc(Cl)c(Cl)c3)cc2)C1. The van der Waals surface area contributed by atoms with Gasteiger partial charge in [-0.15, -0.1) is 0 Å². The lowest BCUT2D eigenvalue weighted by Crippen LogP contribution is -2.43. The third kappa shape index (κ3) is 7.99. The lowest BCUT2D eigenvalue weighted by Gasteiger charge is -2.25. The van der Waals surface area contributed by atoms with Crippen molar-refractivity contribution < 1.29 is 24.2 Å². The Morgan fingerprint density at radius 1 is 1.03 bits per heavy atom. The van der Waals surface area contributed by atoms with Crippen LogP contribution in [-0.4, -0.2) is 53.6 Å². The average molecular weight is 568 g/mol. The number of hydrogen-bond donors (Lipinski definition) is 2. The molecule has 8 nitrogen and oxygen atoms in total. The van der Waals surface area contributed by atoms with Gasteiger partial charge in [0.15, 0.2) is 0 Å². The molecule has 1 fully saturated rings. The van der Waals surface area contributed by atoms with Crippen LogP contribution < -0.4 is 15.0 Å². The fourth-order valence-corrected chi connectivity index (χ4v) is 4.47. The van der Waals surface area contributed by atoms with Crippen molar-refractivity contribution in [2.45, 2.75) is 19.1 Å². The highest BCUT2D eigenvalue weighted by Gasteiger charge is 2.29. The second-order valence-corrected chi connectivity index (χ2v) is 9.79. The number of nitrogens with one attached hydrogen (secondary N) is 1. The molecular weight excluding hydrogens is 541 g/mol. The van der Waals surface area contributed by atoms with Crippen LogP contribution in [0.1, 0.15) is 17.5 Å². The molecule has 0 unspecified atom stereocenters. The molecule has 1 aliphatic rings. The number of halogens is 2. The molecular formula is C29H27Cl2N3O5. The Labute approximate surface area is 236 Å². The Morgan fingerprint density at radius 2 is 1.77 bits per heavy atom. The largest absolute Gasteiger partial charge is 0.489 e. The lowest BCUT2D eigenvalue weighted by molar-refractivity contribution is -0.130. The first kappa shape index (κ1) is 28.0. The van der Waals surface area contributed by atoms with Gasteiger partial charge < -0.3 is 20.1 Å². The minimum atomic E-state index is -1.13. The maximum atomic E-state index is 13.3. The number of carbonyl (C=O) groups excluding carboxylic acids is 2. The summed E-state index contributed by atoms with van der Waals surface area (Å²) in [6.45, 7) is 0.751.